The minimum absolute atomic E-state index is 0.625. The Morgan fingerprint density at radius 3 is 2.38 bits per heavy atom. The highest BCUT2D eigenvalue weighted by molar-refractivity contribution is 4.79. The average Bonchev–Trinajstić information content (AvgIpc) is 2.18. The predicted octanol–water partition coefficient (Wildman–Crippen LogP) is 1.40. The van der Waals surface area contributed by atoms with Crippen molar-refractivity contribution in [3.8, 4) is 0 Å². The van der Waals surface area contributed by atoms with Gasteiger partial charge in [-0.3, -0.25) is 0 Å². The molecule has 1 saturated carbocycles. The second kappa shape index (κ2) is 5.58. The molecule has 1 aliphatic carbocycles. The molecular formula is C10H22N2O. The van der Waals surface area contributed by atoms with Crippen LogP contribution in [0.1, 0.15) is 32.6 Å². The highest BCUT2D eigenvalue weighted by Crippen LogP contribution is 2.22. The van der Waals surface area contributed by atoms with Gasteiger partial charge in [-0.1, -0.05) is 6.92 Å². The van der Waals surface area contributed by atoms with Crippen molar-refractivity contribution >= 4 is 0 Å². The Labute approximate surface area is 81.4 Å². The Morgan fingerprint density at radius 2 is 1.92 bits per heavy atom. The van der Waals surface area contributed by atoms with Gasteiger partial charge in [0, 0.05) is 19.1 Å². The lowest BCUT2D eigenvalue weighted by atomic mass is 9.91. The molecule has 3 nitrogen and oxygen atoms in total. The summed E-state index contributed by atoms with van der Waals surface area (Å²) in [7, 11) is 3.77. The van der Waals surface area contributed by atoms with Crippen LogP contribution in [-0.4, -0.2) is 37.8 Å². The van der Waals surface area contributed by atoms with Crippen LogP contribution in [0.4, 0.5) is 0 Å². The topological polar surface area (TPSA) is 24.5 Å². The van der Waals surface area contributed by atoms with E-state index in [4.69, 9.17) is 4.84 Å². The maximum Gasteiger partial charge on any atom is 0.0575 e. The third-order valence-corrected chi connectivity index (χ3v) is 2.99. The molecule has 1 N–H and O–H groups in total. The van der Waals surface area contributed by atoms with E-state index >= 15 is 0 Å². The van der Waals surface area contributed by atoms with Crippen molar-refractivity contribution in [2.75, 3.05) is 20.7 Å². The molecule has 0 radical (unpaired) electrons. The molecule has 0 aromatic heterocycles. The van der Waals surface area contributed by atoms with Crippen LogP contribution in [0.5, 0.6) is 0 Å². The van der Waals surface area contributed by atoms with Crippen LogP contribution in [-0.2, 0) is 4.84 Å². The second-order valence-electron chi connectivity index (χ2n) is 3.79. The number of nitrogens with one attached hydrogen (secondary N) is 1. The summed E-state index contributed by atoms with van der Waals surface area (Å²) in [5.41, 5.74) is 0. The number of hydrogen-bond acceptors (Lipinski definition) is 3. The van der Waals surface area contributed by atoms with Gasteiger partial charge in [-0.05, 0) is 32.2 Å². The van der Waals surface area contributed by atoms with Gasteiger partial charge in [0.15, 0.2) is 0 Å². The lowest BCUT2D eigenvalue weighted by Gasteiger charge is -2.33. The third kappa shape index (κ3) is 3.25. The second-order valence-corrected chi connectivity index (χ2v) is 3.79. The fraction of sp³-hybridized carbons (Fsp3) is 1.00. The maximum absolute atomic E-state index is 5.20. The standard InChI is InChI=1S/C10H22N2O/c1-4-11-9-5-7-10(8-6-9)12(2)13-3/h9-11H,4-8H2,1-3H3. The van der Waals surface area contributed by atoms with Gasteiger partial charge in [0.2, 0.25) is 0 Å². The lowest BCUT2D eigenvalue weighted by Crippen LogP contribution is -2.40. The van der Waals surface area contributed by atoms with E-state index in [0.717, 1.165) is 12.6 Å². The fourth-order valence-corrected chi connectivity index (χ4v) is 2.08. The van der Waals surface area contributed by atoms with Crippen LogP contribution >= 0.6 is 0 Å². The number of hydrogen-bond donors (Lipinski definition) is 1. The Kier molecular flexibility index (Phi) is 4.70. The Bertz CT molecular complexity index is 133. The van der Waals surface area contributed by atoms with Crippen LogP contribution in [0.25, 0.3) is 0 Å². The van der Waals surface area contributed by atoms with Crippen molar-refractivity contribution in [3.05, 3.63) is 0 Å². The van der Waals surface area contributed by atoms with Crippen LogP contribution in [0.2, 0.25) is 0 Å². The summed E-state index contributed by atoms with van der Waals surface area (Å²) < 4.78 is 0. The Morgan fingerprint density at radius 1 is 1.31 bits per heavy atom. The first kappa shape index (κ1) is 11.0. The number of rotatable bonds is 4. The highest BCUT2D eigenvalue weighted by atomic mass is 16.7. The molecule has 0 aromatic carbocycles. The SMILES string of the molecule is CCNC1CCC(N(C)OC)CC1. The summed E-state index contributed by atoms with van der Waals surface area (Å²) in [4.78, 5) is 5.20. The molecule has 0 saturated heterocycles. The molecule has 0 bridgehead atoms. The van der Waals surface area contributed by atoms with E-state index in [0.29, 0.717) is 6.04 Å². The monoisotopic (exact) mass is 186 g/mol. The maximum atomic E-state index is 5.20. The van der Waals surface area contributed by atoms with Gasteiger partial charge < -0.3 is 10.2 Å². The molecule has 3 heteroatoms. The molecule has 0 aliphatic heterocycles. The lowest BCUT2D eigenvalue weighted by molar-refractivity contribution is -0.148. The highest BCUT2D eigenvalue weighted by Gasteiger charge is 2.23. The predicted molar refractivity (Wildman–Crippen MR) is 54.5 cm³/mol. The van der Waals surface area contributed by atoms with E-state index in [-0.39, 0.29) is 0 Å². The quantitative estimate of drug-likeness (QED) is 0.672. The first-order chi connectivity index (χ1) is 6.27. The van der Waals surface area contributed by atoms with E-state index < -0.39 is 0 Å². The zero-order chi connectivity index (χ0) is 9.68. The largest absolute Gasteiger partial charge is 0.314 e. The fourth-order valence-electron chi connectivity index (χ4n) is 2.08. The van der Waals surface area contributed by atoms with Crippen LogP contribution in [0, 0.1) is 0 Å². The van der Waals surface area contributed by atoms with Gasteiger partial charge in [0.05, 0.1) is 7.11 Å². The van der Waals surface area contributed by atoms with E-state index in [1.54, 1.807) is 7.11 Å². The minimum Gasteiger partial charge on any atom is -0.314 e. The van der Waals surface area contributed by atoms with E-state index in [1.165, 1.54) is 25.7 Å². The van der Waals surface area contributed by atoms with Crippen molar-refractivity contribution in [2.24, 2.45) is 0 Å². The molecule has 0 aromatic rings. The molecule has 0 atom stereocenters. The van der Waals surface area contributed by atoms with Crippen molar-refractivity contribution in [2.45, 2.75) is 44.7 Å². The zero-order valence-electron chi connectivity index (χ0n) is 9.05. The van der Waals surface area contributed by atoms with Crippen LogP contribution in [0.3, 0.4) is 0 Å². The van der Waals surface area contributed by atoms with Crippen molar-refractivity contribution in [1.82, 2.24) is 10.4 Å². The molecule has 0 amide bonds. The zero-order valence-corrected chi connectivity index (χ0v) is 9.05. The van der Waals surface area contributed by atoms with Gasteiger partial charge in [-0.25, -0.2) is 0 Å². The first-order valence-electron chi connectivity index (χ1n) is 5.28. The third-order valence-electron chi connectivity index (χ3n) is 2.99. The van der Waals surface area contributed by atoms with Gasteiger partial charge in [-0.2, -0.15) is 5.06 Å². The van der Waals surface area contributed by atoms with Crippen molar-refractivity contribution in [3.63, 3.8) is 0 Å². The summed E-state index contributed by atoms with van der Waals surface area (Å²) in [5.74, 6) is 0. The minimum atomic E-state index is 0.625. The van der Waals surface area contributed by atoms with Gasteiger partial charge in [-0.15, -0.1) is 0 Å². The van der Waals surface area contributed by atoms with Gasteiger partial charge in [0.1, 0.15) is 0 Å². The first-order valence-corrected chi connectivity index (χ1v) is 5.28. The summed E-state index contributed by atoms with van der Waals surface area (Å²) in [6.07, 6.45) is 5.07. The number of hydroxylamine groups is 2. The molecule has 0 heterocycles. The van der Waals surface area contributed by atoms with E-state index in [2.05, 4.69) is 12.2 Å². The number of nitrogens with zero attached hydrogens (tertiary/aromatic N) is 1. The average molecular weight is 186 g/mol. The van der Waals surface area contributed by atoms with Crippen LogP contribution in [0.15, 0.2) is 0 Å². The van der Waals surface area contributed by atoms with Gasteiger partial charge in [0.25, 0.3) is 0 Å². The molecule has 1 aliphatic rings. The molecule has 1 rings (SSSR count). The van der Waals surface area contributed by atoms with Crippen molar-refractivity contribution < 1.29 is 4.84 Å². The Hall–Kier alpha value is -0.120. The van der Waals surface area contributed by atoms with Gasteiger partial charge >= 0.3 is 0 Å². The summed E-state index contributed by atoms with van der Waals surface area (Å²) in [6.45, 7) is 3.27. The summed E-state index contributed by atoms with van der Waals surface area (Å²) >= 11 is 0. The summed E-state index contributed by atoms with van der Waals surface area (Å²) in [6, 6.07) is 1.37. The normalized spacial score (nSPS) is 29.5. The molecule has 13 heavy (non-hydrogen) atoms. The smallest absolute Gasteiger partial charge is 0.0575 e. The molecule has 78 valence electrons. The molecule has 0 unspecified atom stereocenters. The van der Waals surface area contributed by atoms with E-state index in [9.17, 15) is 0 Å². The summed E-state index contributed by atoms with van der Waals surface area (Å²) in [5, 5.41) is 5.49. The molecule has 1 fully saturated rings. The molecule has 0 spiro atoms. The Balaban J connectivity index is 2.22. The van der Waals surface area contributed by atoms with Crippen LogP contribution < -0.4 is 5.32 Å². The molecular weight excluding hydrogens is 164 g/mol. The van der Waals surface area contributed by atoms with E-state index in [1.807, 2.05) is 12.1 Å². The van der Waals surface area contributed by atoms with Crippen molar-refractivity contribution in [1.29, 1.82) is 0 Å².